The van der Waals surface area contributed by atoms with Crippen LogP contribution in [-0.4, -0.2) is 27.3 Å². The third kappa shape index (κ3) is 4.76. The van der Waals surface area contributed by atoms with Gasteiger partial charge in [0.05, 0.1) is 5.39 Å². The Balaban J connectivity index is 1.32. The fraction of sp³-hybridized carbons (Fsp3) is 0.308. The number of rotatable bonds is 9. The van der Waals surface area contributed by atoms with E-state index in [1.807, 2.05) is 6.26 Å². The Morgan fingerprint density at radius 2 is 1.85 bits per heavy atom. The van der Waals surface area contributed by atoms with Gasteiger partial charge >= 0.3 is 0 Å². The normalized spacial score (nSPS) is 17.8. The standard InChI is InChI=1S/C26H30N6S/c1-33-31-15-19-8-5-9-21(10-19)23-16-32(26-24(23)25(27)29-17-30-26)22-11-20(12-22)14-28-13-18-6-3-2-4-7-18/h2-10,16-17,20,22,28,31H,11-15H2,1H3,(H2,27,29,30). The lowest BCUT2D eigenvalue weighted by atomic mass is 9.80. The molecular formula is C26H30N6S. The smallest absolute Gasteiger partial charge is 0.146 e. The first-order valence-corrected chi connectivity index (χ1v) is 12.7. The summed E-state index contributed by atoms with van der Waals surface area (Å²) in [5.41, 5.74) is 12.1. The summed E-state index contributed by atoms with van der Waals surface area (Å²) in [6.45, 7) is 2.78. The van der Waals surface area contributed by atoms with Gasteiger partial charge in [-0.1, -0.05) is 60.5 Å². The zero-order chi connectivity index (χ0) is 22.6. The van der Waals surface area contributed by atoms with Crippen LogP contribution in [-0.2, 0) is 13.1 Å². The van der Waals surface area contributed by atoms with Gasteiger partial charge < -0.3 is 15.6 Å². The van der Waals surface area contributed by atoms with E-state index >= 15 is 0 Å². The molecule has 170 valence electrons. The van der Waals surface area contributed by atoms with Gasteiger partial charge in [0.2, 0.25) is 0 Å². The summed E-state index contributed by atoms with van der Waals surface area (Å²) < 4.78 is 5.64. The fourth-order valence-electron chi connectivity index (χ4n) is 4.72. The molecule has 7 heteroatoms. The van der Waals surface area contributed by atoms with Crippen LogP contribution in [0.1, 0.15) is 30.0 Å². The SMILES string of the molecule is CSNCc1cccc(-c2cn(C3CC(CNCc4ccccc4)C3)c3ncnc(N)c23)c1. The first kappa shape index (κ1) is 21.9. The molecule has 0 spiro atoms. The average molecular weight is 459 g/mol. The Labute approximate surface area is 199 Å². The number of fused-ring (bicyclic) bond motifs is 1. The Bertz CT molecular complexity index is 1220. The number of hydrogen-bond acceptors (Lipinski definition) is 6. The second kappa shape index (κ2) is 9.95. The monoisotopic (exact) mass is 458 g/mol. The molecule has 2 heterocycles. The zero-order valence-electron chi connectivity index (χ0n) is 18.9. The largest absolute Gasteiger partial charge is 0.383 e. The van der Waals surface area contributed by atoms with E-state index in [1.165, 1.54) is 11.1 Å². The third-order valence-corrected chi connectivity index (χ3v) is 6.94. The van der Waals surface area contributed by atoms with Crippen LogP contribution >= 0.6 is 11.9 Å². The number of benzene rings is 2. The Morgan fingerprint density at radius 1 is 1.03 bits per heavy atom. The maximum Gasteiger partial charge on any atom is 0.146 e. The maximum absolute atomic E-state index is 6.34. The van der Waals surface area contributed by atoms with Crippen LogP contribution in [0, 0.1) is 5.92 Å². The number of nitrogens with one attached hydrogen (secondary N) is 2. The lowest BCUT2D eigenvalue weighted by Gasteiger charge is -2.36. The van der Waals surface area contributed by atoms with Crippen molar-refractivity contribution in [1.82, 2.24) is 24.6 Å². The van der Waals surface area contributed by atoms with Crippen LogP contribution in [0.25, 0.3) is 22.2 Å². The summed E-state index contributed by atoms with van der Waals surface area (Å²) in [5.74, 6) is 1.22. The summed E-state index contributed by atoms with van der Waals surface area (Å²) in [5, 5.41) is 4.57. The second-order valence-electron chi connectivity index (χ2n) is 8.74. The highest BCUT2D eigenvalue weighted by Crippen LogP contribution is 2.42. The first-order chi connectivity index (χ1) is 16.2. The molecule has 2 aromatic heterocycles. The molecule has 4 N–H and O–H groups in total. The van der Waals surface area contributed by atoms with E-state index in [4.69, 9.17) is 5.73 Å². The van der Waals surface area contributed by atoms with Gasteiger partial charge in [0, 0.05) is 30.9 Å². The Hall–Kier alpha value is -2.87. The number of nitrogen functional groups attached to an aromatic ring is 1. The molecule has 1 aliphatic carbocycles. The number of anilines is 1. The van der Waals surface area contributed by atoms with Gasteiger partial charge in [0.1, 0.15) is 17.8 Å². The van der Waals surface area contributed by atoms with Crippen LogP contribution in [0.2, 0.25) is 0 Å². The second-order valence-corrected chi connectivity index (χ2v) is 9.44. The van der Waals surface area contributed by atoms with Gasteiger partial charge in [0.25, 0.3) is 0 Å². The van der Waals surface area contributed by atoms with Gasteiger partial charge in [0.15, 0.2) is 0 Å². The van der Waals surface area contributed by atoms with Crippen LogP contribution in [0.15, 0.2) is 67.1 Å². The van der Waals surface area contributed by atoms with Crippen molar-refractivity contribution in [3.05, 3.63) is 78.2 Å². The quantitative estimate of drug-likeness (QED) is 0.313. The van der Waals surface area contributed by atoms with Crippen LogP contribution in [0.5, 0.6) is 0 Å². The topological polar surface area (TPSA) is 80.8 Å². The molecule has 1 aliphatic rings. The molecule has 6 nitrogen and oxygen atoms in total. The van der Waals surface area contributed by atoms with Gasteiger partial charge in [-0.3, -0.25) is 4.72 Å². The summed E-state index contributed by atoms with van der Waals surface area (Å²) in [4.78, 5) is 8.92. The van der Waals surface area contributed by atoms with Crippen molar-refractivity contribution in [1.29, 1.82) is 0 Å². The first-order valence-electron chi connectivity index (χ1n) is 11.4. The molecule has 4 aromatic rings. The predicted molar refractivity (Wildman–Crippen MR) is 138 cm³/mol. The molecule has 0 atom stereocenters. The van der Waals surface area contributed by atoms with Crippen molar-refractivity contribution in [2.24, 2.45) is 5.92 Å². The lowest BCUT2D eigenvalue weighted by molar-refractivity contribution is 0.196. The van der Waals surface area contributed by atoms with E-state index in [0.717, 1.165) is 54.6 Å². The van der Waals surface area contributed by atoms with Crippen molar-refractivity contribution in [2.45, 2.75) is 32.0 Å². The zero-order valence-corrected chi connectivity index (χ0v) is 19.7. The number of nitrogens with two attached hydrogens (primary N) is 1. The molecular weight excluding hydrogens is 428 g/mol. The number of nitrogens with zero attached hydrogens (tertiary/aromatic N) is 3. The van der Waals surface area contributed by atoms with Gasteiger partial charge in [-0.15, -0.1) is 0 Å². The molecule has 0 bridgehead atoms. The van der Waals surface area contributed by atoms with Crippen LogP contribution in [0.4, 0.5) is 5.82 Å². The molecule has 2 aromatic carbocycles. The van der Waals surface area contributed by atoms with Gasteiger partial charge in [-0.25, -0.2) is 9.97 Å². The summed E-state index contributed by atoms with van der Waals surface area (Å²) in [6, 6.07) is 19.6. The highest BCUT2D eigenvalue weighted by atomic mass is 32.2. The van der Waals surface area contributed by atoms with Gasteiger partial charge in [-0.2, -0.15) is 0 Å². The molecule has 0 amide bonds. The molecule has 0 radical (unpaired) electrons. The van der Waals surface area contributed by atoms with Crippen LogP contribution in [0.3, 0.4) is 0 Å². The molecule has 0 saturated heterocycles. The highest BCUT2D eigenvalue weighted by Gasteiger charge is 2.32. The summed E-state index contributed by atoms with van der Waals surface area (Å²) in [6.07, 6.45) is 8.14. The molecule has 0 aliphatic heterocycles. The van der Waals surface area contributed by atoms with Crippen molar-refractivity contribution < 1.29 is 0 Å². The van der Waals surface area contributed by atoms with Crippen LogP contribution < -0.4 is 15.8 Å². The summed E-state index contributed by atoms with van der Waals surface area (Å²) in [7, 11) is 0. The minimum atomic E-state index is 0.445. The van der Waals surface area contributed by atoms with E-state index in [9.17, 15) is 0 Å². The molecule has 0 unspecified atom stereocenters. The highest BCUT2D eigenvalue weighted by molar-refractivity contribution is 7.96. The average Bonchev–Trinajstić information content (AvgIpc) is 3.20. The van der Waals surface area contributed by atoms with Crippen molar-refractivity contribution in [2.75, 3.05) is 18.5 Å². The minimum Gasteiger partial charge on any atom is -0.383 e. The van der Waals surface area contributed by atoms with Crippen molar-refractivity contribution in [3.8, 4) is 11.1 Å². The number of aromatic nitrogens is 3. The van der Waals surface area contributed by atoms with E-state index < -0.39 is 0 Å². The Kier molecular flexibility index (Phi) is 6.62. The van der Waals surface area contributed by atoms with E-state index in [0.29, 0.717) is 17.8 Å². The fourth-order valence-corrected chi connectivity index (χ4v) is 5.03. The van der Waals surface area contributed by atoms with Crippen molar-refractivity contribution in [3.63, 3.8) is 0 Å². The third-order valence-electron chi connectivity index (χ3n) is 6.51. The van der Waals surface area contributed by atoms with E-state index in [-0.39, 0.29) is 0 Å². The molecule has 5 rings (SSSR count). The maximum atomic E-state index is 6.34. The minimum absolute atomic E-state index is 0.445. The molecule has 33 heavy (non-hydrogen) atoms. The summed E-state index contributed by atoms with van der Waals surface area (Å²) >= 11 is 1.63. The lowest BCUT2D eigenvalue weighted by Crippen LogP contribution is -2.34. The van der Waals surface area contributed by atoms with Gasteiger partial charge in [-0.05, 0) is 54.3 Å². The van der Waals surface area contributed by atoms with Crippen molar-refractivity contribution >= 4 is 28.8 Å². The Morgan fingerprint density at radius 3 is 2.67 bits per heavy atom. The molecule has 1 saturated carbocycles. The number of hydrogen-bond donors (Lipinski definition) is 3. The van der Waals surface area contributed by atoms with E-state index in [1.54, 1.807) is 18.3 Å². The molecule has 1 fully saturated rings. The van der Waals surface area contributed by atoms with E-state index in [2.05, 4.69) is 85.4 Å². The predicted octanol–water partition coefficient (Wildman–Crippen LogP) is 4.79.